The summed E-state index contributed by atoms with van der Waals surface area (Å²) >= 11 is 0. The van der Waals surface area contributed by atoms with Crippen LogP contribution in [-0.2, 0) is 6.54 Å². The number of aliphatic hydroxyl groups is 1. The summed E-state index contributed by atoms with van der Waals surface area (Å²) in [5.74, 6) is -0.667. The molecule has 0 aliphatic carbocycles. The molecule has 2 heterocycles. The predicted octanol–water partition coefficient (Wildman–Crippen LogP) is 3.45. The average molecular weight is 532 g/mol. The molecule has 12 heteroatoms. The van der Waals surface area contributed by atoms with E-state index < -0.39 is 24.1 Å². The highest BCUT2D eigenvalue weighted by Gasteiger charge is 2.33. The van der Waals surface area contributed by atoms with E-state index in [9.17, 15) is 22.4 Å². The van der Waals surface area contributed by atoms with Gasteiger partial charge >= 0.3 is 6.18 Å². The minimum atomic E-state index is -4.71. The van der Waals surface area contributed by atoms with Crippen molar-refractivity contribution >= 4 is 5.95 Å². The number of rotatable bonds is 7. The van der Waals surface area contributed by atoms with Crippen LogP contribution in [0.5, 0.6) is 5.75 Å². The Morgan fingerprint density at radius 1 is 1.13 bits per heavy atom. The van der Waals surface area contributed by atoms with E-state index in [2.05, 4.69) is 4.98 Å². The van der Waals surface area contributed by atoms with Gasteiger partial charge in [0.05, 0.1) is 23.4 Å². The van der Waals surface area contributed by atoms with Crippen LogP contribution in [0.15, 0.2) is 47.3 Å². The Morgan fingerprint density at radius 2 is 1.79 bits per heavy atom. The number of benzene rings is 2. The number of aromatic nitrogens is 2. The van der Waals surface area contributed by atoms with Crippen LogP contribution in [0.25, 0.3) is 22.4 Å². The van der Waals surface area contributed by atoms with Crippen LogP contribution in [0.1, 0.15) is 18.4 Å². The predicted molar refractivity (Wildman–Crippen MR) is 132 cm³/mol. The Bertz CT molecular complexity index is 1390. The first-order valence-corrected chi connectivity index (χ1v) is 11.9. The van der Waals surface area contributed by atoms with E-state index in [1.807, 2.05) is 0 Å². The maximum atomic E-state index is 14.6. The lowest BCUT2D eigenvalue weighted by Crippen LogP contribution is -2.44. The van der Waals surface area contributed by atoms with Crippen molar-refractivity contribution in [3.05, 3.63) is 64.2 Å². The summed E-state index contributed by atoms with van der Waals surface area (Å²) in [5.41, 5.74) is 4.97. The van der Waals surface area contributed by atoms with Crippen LogP contribution < -0.4 is 20.9 Å². The van der Waals surface area contributed by atoms with Gasteiger partial charge in [-0.3, -0.25) is 9.36 Å². The van der Waals surface area contributed by atoms with Gasteiger partial charge in [-0.2, -0.15) is 18.4 Å². The third-order valence-corrected chi connectivity index (χ3v) is 6.17. The highest BCUT2D eigenvalue weighted by Crippen LogP contribution is 2.33. The molecule has 3 aromatic rings. The van der Waals surface area contributed by atoms with Crippen molar-refractivity contribution in [2.75, 3.05) is 31.2 Å². The second-order valence-electron chi connectivity index (χ2n) is 8.87. The van der Waals surface area contributed by atoms with E-state index in [4.69, 9.17) is 20.8 Å². The third-order valence-electron chi connectivity index (χ3n) is 6.17. The van der Waals surface area contributed by atoms with E-state index in [-0.39, 0.29) is 53.2 Å². The third kappa shape index (κ3) is 5.95. The fourth-order valence-corrected chi connectivity index (χ4v) is 4.31. The minimum absolute atomic E-state index is 0.0225. The van der Waals surface area contributed by atoms with Gasteiger partial charge in [0.15, 0.2) is 0 Å². The zero-order valence-electron chi connectivity index (χ0n) is 20.2. The van der Waals surface area contributed by atoms with Gasteiger partial charge in [-0.15, -0.1) is 0 Å². The molecule has 1 fully saturated rings. The molecule has 0 spiro atoms. The molecule has 38 heavy (non-hydrogen) atoms. The number of nitrogens with two attached hydrogens (primary N) is 1. The van der Waals surface area contributed by atoms with Crippen molar-refractivity contribution in [2.24, 2.45) is 5.73 Å². The van der Waals surface area contributed by atoms with E-state index in [0.717, 1.165) is 6.07 Å². The second kappa shape index (κ2) is 11.2. The van der Waals surface area contributed by atoms with Crippen LogP contribution in [0.4, 0.5) is 23.5 Å². The molecule has 0 saturated carbocycles. The molecule has 0 unspecified atom stereocenters. The van der Waals surface area contributed by atoms with Crippen molar-refractivity contribution in [3.63, 3.8) is 0 Å². The Morgan fingerprint density at radius 3 is 2.37 bits per heavy atom. The Balaban J connectivity index is 1.96. The molecule has 0 amide bonds. The number of halogens is 4. The molecule has 1 aromatic heterocycles. The van der Waals surface area contributed by atoms with Crippen LogP contribution >= 0.6 is 0 Å². The first kappa shape index (κ1) is 27.1. The molecule has 200 valence electrons. The standard InChI is InChI=1S/C26H25F4N5O3/c27-21-13-17(1-2-18(21)14-31)23-22(16-3-5-20(6-4-16)38-12-11-36)24(37)35(15-26(28,29)30)25(33-23)34-9-7-19(32)8-10-34/h1-6,13,19,36H,7-12,15,32H2. The number of ether oxygens (including phenoxy) is 1. The summed E-state index contributed by atoms with van der Waals surface area (Å²) in [4.78, 5) is 19.9. The number of hydrogen-bond acceptors (Lipinski definition) is 7. The van der Waals surface area contributed by atoms with E-state index in [1.54, 1.807) is 11.0 Å². The number of nitrogens with zero attached hydrogens (tertiary/aromatic N) is 4. The molecule has 0 bridgehead atoms. The molecule has 1 saturated heterocycles. The minimum Gasteiger partial charge on any atom is -0.491 e. The van der Waals surface area contributed by atoms with Crippen LogP contribution in [0, 0.1) is 17.1 Å². The van der Waals surface area contributed by atoms with Crippen molar-refractivity contribution in [1.29, 1.82) is 5.26 Å². The van der Waals surface area contributed by atoms with Gasteiger partial charge in [-0.25, -0.2) is 9.37 Å². The molecule has 0 atom stereocenters. The van der Waals surface area contributed by atoms with Crippen molar-refractivity contribution in [1.82, 2.24) is 9.55 Å². The van der Waals surface area contributed by atoms with Gasteiger partial charge in [-0.05, 0) is 42.7 Å². The highest BCUT2D eigenvalue weighted by molar-refractivity contribution is 5.81. The molecule has 1 aliphatic rings. The quantitative estimate of drug-likeness (QED) is 0.449. The monoisotopic (exact) mass is 531 g/mol. The Labute approximate surface area is 215 Å². The average Bonchev–Trinajstić information content (AvgIpc) is 2.88. The first-order valence-electron chi connectivity index (χ1n) is 11.9. The zero-order chi connectivity index (χ0) is 27.4. The number of hydrogen-bond donors (Lipinski definition) is 2. The maximum absolute atomic E-state index is 14.6. The number of anilines is 1. The Kier molecular flexibility index (Phi) is 7.99. The number of nitriles is 1. The molecule has 2 aromatic carbocycles. The van der Waals surface area contributed by atoms with Gasteiger partial charge < -0.3 is 20.5 Å². The number of piperidine rings is 1. The van der Waals surface area contributed by atoms with Gasteiger partial charge in [0.2, 0.25) is 5.95 Å². The van der Waals surface area contributed by atoms with Crippen molar-refractivity contribution in [2.45, 2.75) is 31.6 Å². The fraction of sp³-hybridized carbons (Fsp3) is 0.346. The molecule has 0 radical (unpaired) electrons. The Hall–Kier alpha value is -3.95. The smallest absolute Gasteiger partial charge is 0.406 e. The SMILES string of the molecule is N#Cc1ccc(-c2nc(N3CCC(N)CC3)n(CC(F)(F)F)c(=O)c2-c2ccc(OCCO)cc2)cc1F. The number of aliphatic hydroxyl groups excluding tert-OH is 1. The number of alkyl halides is 3. The van der Waals surface area contributed by atoms with Gasteiger partial charge in [-0.1, -0.05) is 18.2 Å². The zero-order valence-corrected chi connectivity index (χ0v) is 20.2. The second-order valence-corrected chi connectivity index (χ2v) is 8.87. The summed E-state index contributed by atoms with van der Waals surface area (Å²) < 4.78 is 61.5. The van der Waals surface area contributed by atoms with E-state index in [0.29, 0.717) is 36.2 Å². The normalized spacial score (nSPS) is 14.4. The molecular formula is C26H25F4N5O3. The molecular weight excluding hydrogens is 506 g/mol. The molecule has 1 aliphatic heterocycles. The van der Waals surface area contributed by atoms with Crippen LogP contribution in [0.2, 0.25) is 0 Å². The highest BCUT2D eigenvalue weighted by atomic mass is 19.4. The van der Waals surface area contributed by atoms with Crippen LogP contribution in [-0.4, -0.2) is 53.2 Å². The lowest BCUT2D eigenvalue weighted by molar-refractivity contribution is -0.141. The lowest BCUT2D eigenvalue weighted by atomic mass is 9.99. The lowest BCUT2D eigenvalue weighted by Gasteiger charge is -2.33. The summed E-state index contributed by atoms with van der Waals surface area (Å²) in [7, 11) is 0. The van der Waals surface area contributed by atoms with Crippen molar-refractivity contribution < 1.29 is 27.4 Å². The topological polar surface area (TPSA) is 117 Å². The summed E-state index contributed by atoms with van der Waals surface area (Å²) in [6, 6.07) is 11.2. The largest absolute Gasteiger partial charge is 0.491 e. The van der Waals surface area contributed by atoms with Gasteiger partial charge in [0.25, 0.3) is 5.56 Å². The maximum Gasteiger partial charge on any atom is 0.406 e. The van der Waals surface area contributed by atoms with Gasteiger partial charge in [0, 0.05) is 24.7 Å². The molecule has 8 nitrogen and oxygen atoms in total. The summed E-state index contributed by atoms with van der Waals surface area (Å²) in [6.45, 7) is -1.16. The fourth-order valence-electron chi connectivity index (χ4n) is 4.31. The summed E-state index contributed by atoms with van der Waals surface area (Å²) in [6.07, 6.45) is -3.71. The van der Waals surface area contributed by atoms with Gasteiger partial charge in [0.1, 0.15) is 30.8 Å². The summed E-state index contributed by atoms with van der Waals surface area (Å²) in [5, 5.41) is 18.1. The molecule has 3 N–H and O–H groups in total. The van der Waals surface area contributed by atoms with Crippen LogP contribution in [0.3, 0.4) is 0 Å². The molecule has 4 rings (SSSR count). The first-order chi connectivity index (χ1) is 18.1. The van der Waals surface area contributed by atoms with E-state index in [1.165, 1.54) is 36.4 Å². The van der Waals surface area contributed by atoms with Crippen molar-refractivity contribution in [3.8, 4) is 34.2 Å². The van der Waals surface area contributed by atoms with E-state index >= 15 is 0 Å².